The minimum atomic E-state index is 0. The van der Waals surface area contributed by atoms with Gasteiger partial charge in [0.2, 0.25) is 0 Å². The highest BCUT2D eigenvalue weighted by molar-refractivity contribution is 14.0. The number of anilines is 1. The molecule has 0 bridgehead atoms. The molecule has 0 aliphatic carbocycles. The van der Waals surface area contributed by atoms with E-state index in [0.717, 1.165) is 62.0 Å². The lowest BCUT2D eigenvalue weighted by Gasteiger charge is -2.31. The number of guanidine groups is 1. The van der Waals surface area contributed by atoms with Gasteiger partial charge in [0, 0.05) is 19.2 Å². The van der Waals surface area contributed by atoms with Gasteiger partial charge >= 0.3 is 0 Å². The number of benzene rings is 2. The molecule has 1 heterocycles. The molecule has 2 aromatic carbocycles. The Morgan fingerprint density at radius 1 is 1.03 bits per heavy atom. The topological polar surface area (TPSA) is 81.3 Å². The van der Waals surface area contributed by atoms with Gasteiger partial charge < -0.3 is 25.3 Å². The third kappa shape index (κ3) is 8.58. The summed E-state index contributed by atoms with van der Waals surface area (Å²) >= 11 is 0. The maximum atomic E-state index is 6.19. The summed E-state index contributed by atoms with van der Waals surface area (Å²) in [6.45, 7) is 8.95. The van der Waals surface area contributed by atoms with Gasteiger partial charge in [-0.15, -0.1) is 24.0 Å². The number of hydrogen-bond donors (Lipinski definition) is 2. The SMILES string of the molecule is CCOc1ccc(OCC)c(NC(N)=NCC2CCN(Cc3ccc(OC)cc3)CC2)c1.I. The highest BCUT2D eigenvalue weighted by Crippen LogP contribution is 2.29. The van der Waals surface area contributed by atoms with Crippen molar-refractivity contribution >= 4 is 35.6 Å². The summed E-state index contributed by atoms with van der Waals surface area (Å²) in [5.74, 6) is 3.36. The molecule has 2 aromatic rings. The van der Waals surface area contributed by atoms with Crippen molar-refractivity contribution in [3.8, 4) is 17.2 Å². The van der Waals surface area contributed by atoms with Gasteiger partial charge in [0.25, 0.3) is 0 Å². The number of nitrogens with one attached hydrogen (secondary N) is 1. The Balaban J connectivity index is 0.00000385. The Morgan fingerprint density at radius 2 is 1.70 bits per heavy atom. The van der Waals surface area contributed by atoms with Crippen LogP contribution in [0.2, 0.25) is 0 Å². The predicted molar refractivity (Wildman–Crippen MR) is 145 cm³/mol. The second kappa shape index (κ2) is 14.1. The summed E-state index contributed by atoms with van der Waals surface area (Å²) in [5, 5.41) is 3.19. The van der Waals surface area contributed by atoms with Crippen LogP contribution in [0.5, 0.6) is 17.2 Å². The maximum absolute atomic E-state index is 6.19. The average Bonchev–Trinajstić information content (AvgIpc) is 2.81. The van der Waals surface area contributed by atoms with Gasteiger partial charge in [0.15, 0.2) is 5.96 Å². The van der Waals surface area contributed by atoms with Gasteiger partial charge in [-0.2, -0.15) is 0 Å². The van der Waals surface area contributed by atoms with Crippen LogP contribution in [0, 0.1) is 5.92 Å². The number of nitrogens with two attached hydrogens (primary N) is 1. The van der Waals surface area contributed by atoms with Crippen LogP contribution in [-0.4, -0.2) is 50.8 Å². The molecule has 0 atom stereocenters. The second-order valence-corrected chi connectivity index (χ2v) is 7.94. The molecule has 1 saturated heterocycles. The van der Waals surface area contributed by atoms with E-state index < -0.39 is 0 Å². The van der Waals surface area contributed by atoms with Crippen molar-refractivity contribution < 1.29 is 14.2 Å². The monoisotopic (exact) mass is 568 g/mol. The quantitative estimate of drug-likeness (QED) is 0.245. The van der Waals surface area contributed by atoms with Gasteiger partial charge in [-0.05, 0) is 75.5 Å². The van der Waals surface area contributed by atoms with E-state index in [-0.39, 0.29) is 24.0 Å². The fourth-order valence-electron chi connectivity index (χ4n) is 3.87. The van der Waals surface area contributed by atoms with Crippen molar-refractivity contribution in [2.24, 2.45) is 16.6 Å². The highest BCUT2D eigenvalue weighted by atomic mass is 127. The molecular formula is C25H37IN4O3. The lowest BCUT2D eigenvalue weighted by atomic mass is 9.96. The standard InChI is InChI=1S/C25H36N4O3.HI/c1-4-31-22-10-11-24(32-5-2)23(16-22)28-25(26)27-17-19-12-14-29(15-13-19)18-20-6-8-21(30-3)9-7-20;/h6-11,16,19H,4-5,12-15,17-18H2,1-3H3,(H3,26,27,28);1H. The van der Waals surface area contributed by atoms with E-state index in [1.165, 1.54) is 5.56 Å². The van der Waals surface area contributed by atoms with E-state index in [1.807, 2.05) is 44.2 Å². The molecule has 1 fully saturated rings. The first-order valence-electron chi connectivity index (χ1n) is 11.4. The number of methoxy groups -OCH3 is 1. The third-order valence-electron chi connectivity index (χ3n) is 5.62. The minimum absolute atomic E-state index is 0. The number of halogens is 1. The van der Waals surface area contributed by atoms with Crippen LogP contribution in [0.25, 0.3) is 0 Å². The molecule has 1 aliphatic heterocycles. The Morgan fingerprint density at radius 3 is 2.33 bits per heavy atom. The Labute approximate surface area is 214 Å². The smallest absolute Gasteiger partial charge is 0.193 e. The van der Waals surface area contributed by atoms with Gasteiger partial charge in [-0.25, -0.2) is 0 Å². The number of hydrogen-bond acceptors (Lipinski definition) is 5. The number of likely N-dealkylation sites (tertiary alicyclic amines) is 1. The van der Waals surface area contributed by atoms with Crippen LogP contribution in [0.15, 0.2) is 47.5 Å². The molecule has 33 heavy (non-hydrogen) atoms. The van der Waals surface area contributed by atoms with Crippen LogP contribution >= 0.6 is 24.0 Å². The molecule has 3 N–H and O–H groups in total. The molecule has 0 aromatic heterocycles. The molecule has 0 amide bonds. The fraction of sp³-hybridized carbons (Fsp3) is 0.480. The van der Waals surface area contributed by atoms with Crippen LogP contribution in [0.1, 0.15) is 32.3 Å². The number of rotatable bonds is 10. The van der Waals surface area contributed by atoms with Crippen LogP contribution in [-0.2, 0) is 6.54 Å². The van der Waals surface area contributed by atoms with Crippen LogP contribution in [0.4, 0.5) is 5.69 Å². The third-order valence-corrected chi connectivity index (χ3v) is 5.62. The second-order valence-electron chi connectivity index (χ2n) is 7.94. The van der Waals surface area contributed by atoms with Gasteiger partial charge in [0.05, 0.1) is 26.0 Å². The van der Waals surface area contributed by atoms with E-state index in [9.17, 15) is 0 Å². The van der Waals surface area contributed by atoms with Crippen molar-refractivity contribution in [1.29, 1.82) is 0 Å². The van der Waals surface area contributed by atoms with E-state index in [4.69, 9.17) is 19.9 Å². The molecular weight excluding hydrogens is 531 g/mol. The van der Waals surface area contributed by atoms with E-state index in [2.05, 4.69) is 27.3 Å². The molecule has 0 unspecified atom stereocenters. The molecule has 8 heteroatoms. The molecule has 182 valence electrons. The summed E-state index contributed by atoms with van der Waals surface area (Å²) in [6, 6.07) is 14.0. The molecule has 0 spiro atoms. The van der Waals surface area contributed by atoms with Crippen LogP contribution in [0.3, 0.4) is 0 Å². The van der Waals surface area contributed by atoms with Crippen molar-refractivity contribution in [3.05, 3.63) is 48.0 Å². The summed E-state index contributed by atoms with van der Waals surface area (Å²) in [4.78, 5) is 7.10. The Bertz CT molecular complexity index is 868. The molecule has 1 aliphatic rings. The van der Waals surface area contributed by atoms with Crippen molar-refractivity contribution in [3.63, 3.8) is 0 Å². The first kappa shape index (κ1) is 27.0. The normalized spacial score (nSPS) is 14.9. The highest BCUT2D eigenvalue weighted by Gasteiger charge is 2.19. The Kier molecular flexibility index (Phi) is 11.6. The molecule has 3 rings (SSSR count). The Hall–Kier alpha value is -2.20. The summed E-state index contributed by atoms with van der Waals surface area (Å²) in [7, 11) is 1.69. The zero-order chi connectivity index (χ0) is 22.8. The summed E-state index contributed by atoms with van der Waals surface area (Å²) in [5.41, 5.74) is 8.27. The van der Waals surface area contributed by atoms with Gasteiger partial charge in [-0.3, -0.25) is 9.89 Å². The summed E-state index contributed by atoms with van der Waals surface area (Å²) < 4.78 is 16.5. The first-order valence-corrected chi connectivity index (χ1v) is 11.4. The molecule has 0 radical (unpaired) electrons. The van der Waals surface area contributed by atoms with E-state index >= 15 is 0 Å². The summed E-state index contributed by atoms with van der Waals surface area (Å²) in [6.07, 6.45) is 2.24. The largest absolute Gasteiger partial charge is 0.497 e. The first-order chi connectivity index (χ1) is 15.6. The van der Waals surface area contributed by atoms with Gasteiger partial charge in [0.1, 0.15) is 17.2 Å². The van der Waals surface area contributed by atoms with Crippen molar-refractivity contribution in [2.45, 2.75) is 33.2 Å². The average molecular weight is 569 g/mol. The number of piperidine rings is 1. The molecule has 7 nitrogen and oxygen atoms in total. The zero-order valence-electron chi connectivity index (χ0n) is 19.9. The minimum Gasteiger partial charge on any atom is -0.497 e. The van der Waals surface area contributed by atoms with Crippen LogP contribution < -0.4 is 25.3 Å². The number of nitrogens with zero attached hydrogens (tertiary/aromatic N) is 2. The van der Waals surface area contributed by atoms with Crippen molar-refractivity contribution in [2.75, 3.05) is 45.3 Å². The number of ether oxygens (including phenoxy) is 3. The van der Waals surface area contributed by atoms with E-state index in [1.54, 1.807) is 7.11 Å². The van der Waals surface area contributed by atoms with Crippen molar-refractivity contribution in [1.82, 2.24) is 4.90 Å². The lowest BCUT2D eigenvalue weighted by molar-refractivity contribution is 0.180. The lowest BCUT2D eigenvalue weighted by Crippen LogP contribution is -2.34. The maximum Gasteiger partial charge on any atom is 0.193 e. The predicted octanol–water partition coefficient (Wildman–Crippen LogP) is 4.75. The zero-order valence-corrected chi connectivity index (χ0v) is 22.2. The van der Waals surface area contributed by atoms with E-state index in [0.29, 0.717) is 25.1 Å². The fourth-order valence-corrected chi connectivity index (χ4v) is 3.87. The number of aliphatic imine (C=N–C) groups is 1. The molecule has 0 saturated carbocycles. The van der Waals surface area contributed by atoms with Gasteiger partial charge in [-0.1, -0.05) is 12.1 Å².